The number of benzene rings is 2. The maximum atomic E-state index is 12.7. The molecule has 8 heteroatoms. The van der Waals surface area contributed by atoms with Crippen molar-refractivity contribution in [1.82, 2.24) is 10.6 Å². The van der Waals surface area contributed by atoms with Crippen LogP contribution < -0.4 is 16.4 Å². The monoisotopic (exact) mass is 399 g/mol. The van der Waals surface area contributed by atoms with Gasteiger partial charge >= 0.3 is 5.97 Å². The van der Waals surface area contributed by atoms with Crippen LogP contribution in [0.1, 0.15) is 11.1 Å². The van der Waals surface area contributed by atoms with Crippen LogP contribution in [0.2, 0.25) is 0 Å². The first kappa shape index (κ1) is 22.1. The molecule has 0 bridgehead atoms. The van der Waals surface area contributed by atoms with Crippen molar-refractivity contribution in [2.75, 3.05) is 13.2 Å². The van der Waals surface area contributed by atoms with Gasteiger partial charge in [-0.1, -0.05) is 60.7 Å². The van der Waals surface area contributed by atoms with E-state index in [-0.39, 0.29) is 19.6 Å². The molecule has 0 aromatic heterocycles. The second kappa shape index (κ2) is 11.6. The number of ether oxygens (including phenoxy) is 1. The maximum absolute atomic E-state index is 12.7. The number of carbonyl (C=O) groups excluding carboxylic acids is 3. The predicted octanol–water partition coefficient (Wildman–Crippen LogP) is -0.107. The molecule has 5 N–H and O–H groups in total. The van der Waals surface area contributed by atoms with Crippen molar-refractivity contribution < 1.29 is 24.2 Å². The van der Waals surface area contributed by atoms with Crippen molar-refractivity contribution >= 4 is 17.8 Å². The van der Waals surface area contributed by atoms with Crippen LogP contribution in [-0.2, 0) is 32.1 Å². The quantitative estimate of drug-likeness (QED) is 0.413. The molecule has 0 aliphatic rings. The van der Waals surface area contributed by atoms with E-state index in [0.29, 0.717) is 0 Å². The predicted molar refractivity (Wildman–Crippen MR) is 106 cm³/mol. The van der Waals surface area contributed by atoms with Crippen molar-refractivity contribution in [3.63, 3.8) is 0 Å². The Labute approximate surface area is 169 Å². The van der Waals surface area contributed by atoms with Gasteiger partial charge in [0.2, 0.25) is 11.8 Å². The van der Waals surface area contributed by atoms with Gasteiger partial charge in [0.05, 0.1) is 13.2 Å². The summed E-state index contributed by atoms with van der Waals surface area (Å²) in [7, 11) is 0. The van der Waals surface area contributed by atoms with E-state index in [9.17, 15) is 19.5 Å². The highest BCUT2D eigenvalue weighted by Crippen LogP contribution is 2.05. The molecule has 0 saturated carbocycles. The first-order valence-corrected chi connectivity index (χ1v) is 9.18. The standard InChI is InChI=1S/C21H25N3O5/c22-12-19(26)23-17(11-15-7-3-1-4-8-15)20(27)24-18(13-25)21(28)29-14-16-9-5-2-6-10-16/h1-10,17-18,25H,11-14,22H2,(H,23,26)(H,24,27). The number of nitrogens with two attached hydrogens (primary N) is 1. The molecule has 29 heavy (non-hydrogen) atoms. The van der Waals surface area contributed by atoms with Crippen LogP contribution in [0.4, 0.5) is 0 Å². The van der Waals surface area contributed by atoms with E-state index in [4.69, 9.17) is 10.5 Å². The number of hydrogen-bond donors (Lipinski definition) is 4. The molecule has 0 radical (unpaired) electrons. The van der Waals surface area contributed by atoms with Crippen molar-refractivity contribution in [1.29, 1.82) is 0 Å². The molecule has 154 valence electrons. The Morgan fingerprint density at radius 2 is 1.48 bits per heavy atom. The number of aliphatic hydroxyl groups is 1. The highest BCUT2D eigenvalue weighted by molar-refractivity contribution is 5.91. The third-order valence-corrected chi connectivity index (χ3v) is 4.13. The largest absolute Gasteiger partial charge is 0.459 e. The first-order valence-electron chi connectivity index (χ1n) is 9.18. The van der Waals surface area contributed by atoms with Crippen molar-refractivity contribution in [2.45, 2.75) is 25.1 Å². The van der Waals surface area contributed by atoms with Crippen LogP contribution in [0, 0.1) is 0 Å². The zero-order valence-electron chi connectivity index (χ0n) is 15.9. The normalized spacial score (nSPS) is 12.5. The van der Waals surface area contributed by atoms with Gasteiger partial charge in [0, 0.05) is 6.42 Å². The SMILES string of the molecule is NCC(=O)NC(Cc1ccccc1)C(=O)NC(CO)C(=O)OCc1ccccc1. The van der Waals surface area contributed by atoms with Crippen LogP contribution in [0.25, 0.3) is 0 Å². The van der Waals surface area contributed by atoms with Crippen molar-refractivity contribution in [2.24, 2.45) is 5.73 Å². The van der Waals surface area contributed by atoms with E-state index in [1.54, 1.807) is 12.1 Å². The van der Waals surface area contributed by atoms with Crippen LogP contribution in [0.15, 0.2) is 60.7 Å². The van der Waals surface area contributed by atoms with Gasteiger partial charge in [-0.2, -0.15) is 0 Å². The van der Waals surface area contributed by atoms with Gasteiger partial charge < -0.3 is 26.2 Å². The number of carbonyl (C=O) groups is 3. The Morgan fingerprint density at radius 3 is 2.03 bits per heavy atom. The lowest BCUT2D eigenvalue weighted by Gasteiger charge is -2.21. The molecule has 2 aromatic rings. The Morgan fingerprint density at radius 1 is 0.897 bits per heavy atom. The van der Waals surface area contributed by atoms with Crippen LogP contribution in [-0.4, -0.2) is 48.1 Å². The zero-order valence-corrected chi connectivity index (χ0v) is 15.9. The minimum Gasteiger partial charge on any atom is -0.459 e. The number of aliphatic hydroxyl groups excluding tert-OH is 1. The summed E-state index contributed by atoms with van der Waals surface area (Å²) in [5, 5.41) is 14.5. The summed E-state index contributed by atoms with van der Waals surface area (Å²) >= 11 is 0. The van der Waals surface area contributed by atoms with Gasteiger partial charge in [-0.25, -0.2) is 4.79 Å². The summed E-state index contributed by atoms with van der Waals surface area (Å²) in [6, 6.07) is 15.9. The molecule has 2 unspecified atom stereocenters. The summed E-state index contributed by atoms with van der Waals surface area (Å²) in [5.41, 5.74) is 6.92. The Kier molecular flexibility index (Phi) is 8.81. The molecular formula is C21H25N3O5. The molecule has 0 spiro atoms. The highest BCUT2D eigenvalue weighted by Gasteiger charge is 2.27. The molecule has 0 heterocycles. The minimum absolute atomic E-state index is 0.0173. The van der Waals surface area contributed by atoms with E-state index in [0.717, 1.165) is 11.1 Å². The fourth-order valence-electron chi connectivity index (χ4n) is 2.59. The summed E-state index contributed by atoms with van der Waals surface area (Å²) < 4.78 is 5.16. The first-order chi connectivity index (χ1) is 14.0. The fraction of sp³-hybridized carbons (Fsp3) is 0.286. The molecular weight excluding hydrogens is 374 g/mol. The van der Waals surface area contributed by atoms with Gasteiger partial charge in [-0.05, 0) is 11.1 Å². The molecule has 0 saturated heterocycles. The van der Waals surface area contributed by atoms with Gasteiger partial charge in [-0.15, -0.1) is 0 Å². The van der Waals surface area contributed by atoms with E-state index in [1.165, 1.54) is 0 Å². The van der Waals surface area contributed by atoms with E-state index < -0.39 is 36.5 Å². The van der Waals surface area contributed by atoms with Crippen LogP contribution >= 0.6 is 0 Å². The van der Waals surface area contributed by atoms with Crippen molar-refractivity contribution in [3.05, 3.63) is 71.8 Å². The molecule has 2 atom stereocenters. The molecule has 0 aliphatic heterocycles. The molecule has 0 aliphatic carbocycles. The summed E-state index contributed by atoms with van der Waals surface area (Å²) in [5.74, 6) is -1.90. The van der Waals surface area contributed by atoms with E-state index >= 15 is 0 Å². The average Bonchev–Trinajstić information content (AvgIpc) is 2.76. The summed E-state index contributed by atoms with van der Waals surface area (Å²) in [4.78, 5) is 36.6. The minimum atomic E-state index is -1.25. The average molecular weight is 399 g/mol. The molecule has 2 aromatic carbocycles. The third-order valence-electron chi connectivity index (χ3n) is 4.13. The molecule has 8 nitrogen and oxygen atoms in total. The zero-order chi connectivity index (χ0) is 21.1. The molecule has 0 fully saturated rings. The fourth-order valence-corrected chi connectivity index (χ4v) is 2.59. The molecule has 2 rings (SSSR count). The van der Waals surface area contributed by atoms with Gasteiger partial charge in [0.1, 0.15) is 12.6 Å². The number of esters is 1. The second-order valence-electron chi connectivity index (χ2n) is 6.35. The van der Waals surface area contributed by atoms with E-state index in [2.05, 4.69) is 10.6 Å². The van der Waals surface area contributed by atoms with Gasteiger partial charge in [-0.3, -0.25) is 9.59 Å². The van der Waals surface area contributed by atoms with Crippen LogP contribution in [0.3, 0.4) is 0 Å². The summed E-state index contributed by atoms with van der Waals surface area (Å²) in [6.07, 6.45) is 0.204. The van der Waals surface area contributed by atoms with Crippen molar-refractivity contribution in [3.8, 4) is 0 Å². The van der Waals surface area contributed by atoms with Gasteiger partial charge in [0.15, 0.2) is 6.04 Å². The number of rotatable bonds is 10. The topological polar surface area (TPSA) is 131 Å². The highest BCUT2D eigenvalue weighted by atomic mass is 16.5. The molecule has 2 amide bonds. The number of amides is 2. The van der Waals surface area contributed by atoms with E-state index in [1.807, 2.05) is 48.5 Å². The van der Waals surface area contributed by atoms with Gasteiger partial charge in [0.25, 0.3) is 0 Å². The number of nitrogens with one attached hydrogen (secondary N) is 2. The smallest absolute Gasteiger partial charge is 0.331 e. The Balaban J connectivity index is 2.00. The lowest BCUT2D eigenvalue weighted by molar-refractivity contribution is -0.150. The third kappa shape index (κ3) is 7.36. The lowest BCUT2D eigenvalue weighted by atomic mass is 10.0. The summed E-state index contributed by atoms with van der Waals surface area (Å²) in [6.45, 7) is -0.896. The maximum Gasteiger partial charge on any atom is 0.331 e. The second-order valence-corrected chi connectivity index (χ2v) is 6.35. The number of hydrogen-bond acceptors (Lipinski definition) is 6. The lowest BCUT2D eigenvalue weighted by Crippen LogP contribution is -2.54. The Bertz CT molecular complexity index is 798. The van der Waals surface area contributed by atoms with Crippen LogP contribution in [0.5, 0.6) is 0 Å². The Hall–Kier alpha value is -3.23.